The molecule has 1 aromatic heterocycles. The summed E-state index contributed by atoms with van der Waals surface area (Å²) < 4.78 is 31.1. The lowest BCUT2D eigenvalue weighted by molar-refractivity contribution is 0.0783. The molecule has 1 aromatic carbocycles. The molecule has 6 heteroatoms. The van der Waals surface area contributed by atoms with Gasteiger partial charge in [0.05, 0.1) is 11.8 Å². The number of furan rings is 1. The van der Waals surface area contributed by atoms with Crippen LogP contribution in [0.2, 0.25) is 5.22 Å². The molecule has 0 spiro atoms. The van der Waals surface area contributed by atoms with Crippen molar-refractivity contribution >= 4 is 17.5 Å². The summed E-state index contributed by atoms with van der Waals surface area (Å²) in [5, 5.41) is -0.0172. The Morgan fingerprint density at radius 2 is 2.11 bits per heavy atom. The Morgan fingerprint density at radius 3 is 2.68 bits per heavy atom. The Bertz CT molecular complexity index is 612. The number of carbonyl (C=O) groups is 1. The first-order valence-electron chi connectivity index (χ1n) is 5.41. The molecule has 0 N–H and O–H groups in total. The van der Waals surface area contributed by atoms with Gasteiger partial charge in [-0.15, -0.1) is 0 Å². The summed E-state index contributed by atoms with van der Waals surface area (Å²) in [7, 11) is 1.49. The summed E-state index contributed by atoms with van der Waals surface area (Å²) in [4.78, 5) is 13.3. The number of amides is 1. The molecule has 2 aromatic rings. The van der Waals surface area contributed by atoms with Crippen molar-refractivity contribution < 1.29 is 18.0 Å². The lowest BCUT2D eigenvalue weighted by Crippen LogP contribution is -2.26. The Hall–Kier alpha value is -1.88. The fourth-order valence-corrected chi connectivity index (χ4v) is 1.82. The molecule has 1 amide bonds. The number of hydrogen-bond donors (Lipinski definition) is 0. The van der Waals surface area contributed by atoms with Gasteiger partial charge in [-0.3, -0.25) is 4.79 Å². The van der Waals surface area contributed by atoms with Crippen LogP contribution in [0, 0.1) is 11.6 Å². The van der Waals surface area contributed by atoms with Crippen LogP contribution < -0.4 is 0 Å². The molecule has 3 nitrogen and oxygen atoms in total. The first kappa shape index (κ1) is 13.5. The van der Waals surface area contributed by atoms with Gasteiger partial charge in [-0.05, 0) is 23.7 Å². The molecule has 1 heterocycles. The van der Waals surface area contributed by atoms with E-state index in [-0.39, 0.29) is 22.9 Å². The highest BCUT2D eigenvalue weighted by atomic mass is 35.5. The quantitative estimate of drug-likeness (QED) is 0.865. The largest absolute Gasteiger partial charge is 0.452 e. The summed E-state index contributed by atoms with van der Waals surface area (Å²) >= 11 is 5.70. The number of nitrogens with zero attached hydrogens (tertiary/aromatic N) is 1. The Balaban J connectivity index is 2.15. The van der Waals surface area contributed by atoms with E-state index in [0.717, 1.165) is 12.1 Å². The third kappa shape index (κ3) is 2.93. The molecule has 0 fully saturated rings. The van der Waals surface area contributed by atoms with Crippen LogP contribution in [0.5, 0.6) is 0 Å². The van der Waals surface area contributed by atoms with E-state index in [1.54, 1.807) is 0 Å². The van der Waals surface area contributed by atoms with Crippen molar-refractivity contribution in [3.05, 3.63) is 58.5 Å². The van der Waals surface area contributed by atoms with E-state index in [4.69, 9.17) is 16.0 Å². The number of halogens is 3. The third-order valence-corrected chi connectivity index (χ3v) is 2.91. The highest BCUT2D eigenvalue weighted by Gasteiger charge is 2.18. The second-order valence-electron chi connectivity index (χ2n) is 4.00. The molecule has 0 unspecified atom stereocenters. The lowest BCUT2D eigenvalue weighted by atomic mass is 10.2. The van der Waals surface area contributed by atoms with Crippen molar-refractivity contribution in [3.8, 4) is 0 Å². The van der Waals surface area contributed by atoms with E-state index in [0.29, 0.717) is 0 Å². The predicted octanol–water partition coefficient (Wildman–Crippen LogP) is 3.48. The van der Waals surface area contributed by atoms with Gasteiger partial charge >= 0.3 is 0 Å². The number of benzene rings is 1. The summed E-state index contributed by atoms with van der Waals surface area (Å²) in [6.45, 7) is 0.00640. The van der Waals surface area contributed by atoms with Gasteiger partial charge in [0, 0.05) is 25.2 Å². The van der Waals surface area contributed by atoms with Crippen molar-refractivity contribution in [1.29, 1.82) is 0 Å². The molecule has 2 rings (SSSR count). The summed E-state index contributed by atoms with van der Waals surface area (Å²) in [6.07, 6.45) is 1.29. The minimum Gasteiger partial charge on any atom is -0.452 e. The zero-order valence-corrected chi connectivity index (χ0v) is 10.7. The van der Waals surface area contributed by atoms with Gasteiger partial charge in [0.2, 0.25) is 5.22 Å². The molecule has 0 aliphatic carbocycles. The maximum Gasteiger partial charge on any atom is 0.258 e. The molecular formula is C13H10ClF2NO2. The minimum absolute atomic E-state index is 0.00640. The van der Waals surface area contributed by atoms with E-state index in [1.165, 1.54) is 30.3 Å². The zero-order valence-electron chi connectivity index (χ0n) is 9.99. The van der Waals surface area contributed by atoms with Crippen LogP contribution in [0.1, 0.15) is 15.9 Å². The van der Waals surface area contributed by atoms with Crippen LogP contribution in [-0.2, 0) is 6.54 Å². The molecular weight excluding hydrogens is 276 g/mol. The van der Waals surface area contributed by atoms with E-state index < -0.39 is 17.5 Å². The molecule has 0 bridgehead atoms. The standard InChI is InChI=1S/C13H10ClF2NO2/c1-17(13(18)10-4-5-19-12(10)14)7-8-2-3-9(15)6-11(8)16/h2-6H,7H2,1H3. The molecule has 0 aliphatic rings. The molecule has 100 valence electrons. The topological polar surface area (TPSA) is 33.5 Å². The zero-order chi connectivity index (χ0) is 14.0. The fourth-order valence-electron chi connectivity index (χ4n) is 1.63. The normalized spacial score (nSPS) is 10.5. The molecule has 0 atom stereocenters. The summed E-state index contributed by atoms with van der Waals surface area (Å²) in [5.41, 5.74) is 0.420. The predicted molar refractivity (Wildman–Crippen MR) is 65.9 cm³/mol. The Morgan fingerprint density at radius 1 is 1.37 bits per heavy atom. The van der Waals surface area contributed by atoms with Crippen LogP contribution in [0.3, 0.4) is 0 Å². The fraction of sp³-hybridized carbons (Fsp3) is 0.154. The van der Waals surface area contributed by atoms with Gasteiger partial charge in [-0.1, -0.05) is 6.07 Å². The van der Waals surface area contributed by atoms with Gasteiger partial charge in [-0.2, -0.15) is 0 Å². The molecule has 19 heavy (non-hydrogen) atoms. The molecule has 0 radical (unpaired) electrons. The van der Waals surface area contributed by atoms with Gasteiger partial charge < -0.3 is 9.32 Å². The minimum atomic E-state index is -0.696. The van der Waals surface area contributed by atoms with Crippen LogP contribution in [0.4, 0.5) is 8.78 Å². The van der Waals surface area contributed by atoms with E-state index >= 15 is 0 Å². The highest BCUT2D eigenvalue weighted by molar-refractivity contribution is 6.32. The van der Waals surface area contributed by atoms with Gasteiger partial charge in [0.15, 0.2) is 0 Å². The van der Waals surface area contributed by atoms with Crippen LogP contribution in [0.15, 0.2) is 34.9 Å². The maximum atomic E-state index is 13.5. The Labute approximate surface area is 113 Å². The highest BCUT2D eigenvalue weighted by Crippen LogP contribution is 2.19. The van der Waals surface area contributed by atoms with Crippen molar-refractivity contribution in [3.63, 3.8) is 0 Å². The smallest absolute Gasteiger partial charge is 0.258 e. The Kier molecular flexibility index (Phi) is 3.85. The summed E-state index contributed by atoms with van der Waals surface area (Å²) in [6, 6.07) is 4.65. The second kappa shape index (κ2) is 5.40. The second-order valence-corrected chi connectivity index (χ2v) is 4.35. The lowest BCUT2D eigenvalue weighted by Gasteiger charge is -2.17. The van der Waals surface area contributed by atoms with E-state index in [2.05, 4.69) is 0 Å². The average molecular weight is 286 g/mol. The first-order chi connectivity index (χ1) is 8.99. The third-order valence-electron chi connectivity index (χ3n) is 2.62. The van der Waals surface area contributed by atoms with Crippen molar-refractivity contribution in [2.75, 3.05) is 7.05 Å². The first-order valence-corrected chi connectivity index (χ1v) is 5.79. The van der Waals surface area contributed by atoms with Gasteiger partial charge in [-0.25, -0.2) is 8.78 Å². The average Bonchev–Trinajstić information content (AvgIpc) is 2.78. The van der Waals surface area contributed by atoms with E-state index in [9.17, 15) is 13.6 Å². The van der Waals surface area contributed by atoms with E-state index in [1.807, 2.05) is 0 Å². The van der Waals surface area contributed by atoms with Crippen LogP contribution >= 0.6 is 11.6 Å². The van der Waals surface area contributed by atoms with Crippen molar-refractivity contribution in [2.45, 2.75) is 6.54 Å². The van der Waals surface area contributed by atoms with Crippen LogP contribution in [-0.4, -0.2) is 17.9 Å². The molecule has 0 aliphatic heterocycles. The van der Waals surface area contributed by atoms with Crippen LogP contribution in [0.25, 0.3) is 0 Å². The number of carbonyl (C=O) groups excluding carboxylic acids is 1. The molecule has 0 saturated carbocycles. The van der Waals surface area contributed by atoms with Crippen molar-refractivity contribution in [1.82, 2.24) is 4.90 Å². The number of rotatable bonds is 3. The number of hydrogen-bond acceptors (Lipinski definition) is 2. The van der Waals surface area contributed by atoms with Crippen molar-refractivity contribution in [2.24, 2.45) is 0 Å². The maximum absolute atomic E-state index is 13.5. The monoisotopic (exact) mass is 285 g/mol. The van der Waals surface area contributed by atoms with Gasteiger partial charge in [0.1, 0.15) is 11.6 Å². The molecule has 0 saturated heterocycles. The van der Waals surface area contributed by atoms with Gasteiger partial charge in [0.25, 0.3) is 5.91 Å². The SMILES string of the molecule is CN(Cc1ccc(F)cc1F)C(=O)c1ccoc1Cl. The summed E-state index contributed by atoms with van der Waals surface area (Å²) in [5.74, 6) is -1.76.